The zero-order chi connectivity index (χ0) is 17.6. The number of halogens is 1. The molecule has 0 aliphatic carbocycles. The van der Waals surface area contributed by atoms with Gasteiger partial charge in [-0.1, -0.05) is 11.6 Å². The fourth-order valence-electron chi connectivity index (χ4n) is 2.76. The maximum atomic E-state index is 11.9. The zero-order valence-corrected chi connectivity index (χ0v) is 13.9. The Morgan fingerprint density at radius 3 is 2.92 bits per heavy atom. The number of aliphatic imine (C=N–C) groups is 1. The summed E-state index contributed by atoms with van der Waals surface area (Å²) in [5.41, 5.74) is 2.67. The number of ketones is 1. The quantitative estimate of drug-likeness (QED) is 0.714. The van der Waals surface area contributed by atoms with Crippen molar-refractivity contribution in [2.45, 2.75) is 0 Å². The number of H-pyrrole nitrogens is 1. The first kappa shape index (κ1) is 15.5. The molecule has 0 saturated carbocycles. The number of amides is 1. The van der Waals surface area contributed by atoms with E-state index in [0.717, 1.165) is 5.39 Å². The Balaban J connectivity index is 1.80. The Bertz CT molecular complexity index is 1060. The third-order valence-electron chi connectivity index (χ3n) is 4.05. The molecule has 0 aromatic carbocycles. The minimum atomic E-state index is -0.572. The lowest BCUT2D eigenvalue weighted by Gasteiger charge is -2.22. The van der Waals surface area contributed by atoms with Crippen LogP contribution >= 0.6 is 11.6 Å². The molecule has 0 spiro atoms. The Hall–Kier alpha value is -3.06. The van der Waals surface area contributed by atoms with E-state index in [0.29, 0.717) is 33.3 Å². The number of nitrogens with one attached hydrogen (secondary N) is 1. The smallest absolute Gasteiger partial charge is 0.297 e. The molecule has 0 fully saturated rings. The van der Waals surface area contributed by atoms with Crippen LogP contribution in [0.4, 0.5) is 0 Å². The van der Waals surface area contributed by atoms with Crippen LogP contribution in [0.1, 0.15) is 5.56 Å². The van der Waals surface area contributed by atoms with Gasteiger partial charge in [-0.15, -0.1) is 0 Å². The number of carbonyl (C=O) groups is 2. The number of carbonyl (C=O) groups excluding carboxylic acids is 2. The van der Waals surface area contributed by atoms with Crippen LogP contribution in [-0.4, -0.2) is 51.0 Å². The van der Waals surface area contributed by atoms with E-state index in [1.807, 2.05) is 6.07 Å². The maximum absolute atomic E-state index is 11.9. The van der Waals surface area contributed by atoms with Crippen LogP contribution in [0.3, 0.4) is 0 Å². The highest BCUT2D eigenvalue weighted by Crippen LogP contribution is 2.32. The molecule has 4 heterocycles. The van der Waals surface area contributed by atoms with E-state index in [4.69, 9.17) is 11.6 Å². The highest BCUT2D eigenvalue weighted by atomic mass is 35.5. The molecule has 1 amide bonds. The van der Waals surface area contributed by atoms with Crippen LogP contribution in [0, 0.1) is 0 Å². The van der Waals surface area contributed by atoms with E-state index in [1.54, 1.807) is 30.7 Å². The van der Waals surface area contributed by atoms with Crippen molar-refractivity contribution < 1.29 is 9.59 Å². The standard InChI is InChI=1S/C17H12ClN5O2/c1-23-16(22-8-13(24)17(23)25)9-2-4-19-12(6-9)11-7-21-15-10(14(11)18)3-5-20-15/h2-7H,8H2,1H3,(H,20,21). The normalized spacial score (nSPS) is 15.0. The summed E-state index contributed by atoms with van der Waals surface area (Å²) in [4.78, 5) is 40.5. The molecule has 25 heavy (non-hydrogen) atoms. The highest BCUT2D eigenvalue weighted by Gasteiger charge is 2.28. The third kappa shape index (κ3) is 2.49. The van der Waals surface area contributed by atoms with Gasteiger partial charge in [-0.3, -0.25) is 24.5 Å². The molecule has 3 aromatic rings. The van der Waals surface area contributed by atoms with Crippen molar-refractivity contribution in [1.82, 2.24) is 19.9 Å². The van der Waals surface area contributed by atoms with Crippen molar-refractivity contribution in [2.75, 3.05) is 13.6 Å². The van der Waals surface area contributed by atoms with E-state index in [-0.39, 0.29) is 6.54 Å². The number of aromatic amines is 1. The minimum Gasteiger partial charge on any atom is -0.346 e. The number of rotatable bonds is 2. The topological polar surface area (TPSA) is 91.3 Å². The number of hydrogen-bond acceptors (Lipinski definition) is 5. The summed E-state index contributed by atoms with van der Waals surface area (Å²) in [6.07, 6.45) is 5.03. The molecule has 0 unspecified atom stereocenters. The number of amidine groups is 1. The molecule has 3 aromatic heterocycles. The summed E-state index contributed by atoms with van der Waals surface area (Å²) in [7, 11) is 1.53. The maximum Gasteiger partial charge on any atom is 0.297 e. The minimum absolute atomic E-state index is 0.145. The fraction of sp³-hybridized carbons (Fsp3) is 0.118. The lowest BCUT2D eigenvalue weighted by atomic mass is 10.1. The Morgan fingerprint density at radius 1 is 1.24 bits per heavy atom. The number of Topliss-reactive ketones (excluding diaryl/α,β-unsaturated/α-hetero) is 1. The summed E-state index contributed by atoms with van der Waals surface area (Å²) < 4.78 is 0. The van der Waals surface area contributed by atoms with E-state index >= 15 is 0 Å². The lowest BCUT2D eigenvalue weighted by Crippen LogP contribution is -2.43. The number of likely N-dealkylation sites (N-methyl/N-ethyl adjacent to an activating group) is 1. The van der Waals surface area contributed by atoms with E-state index in [2.05, 4.69) is 19.9 Å². The van der Waals surface area contributed by atoms with Gasteiger partial charge in [0, 0.05) is 42.2 Å². The molecule has 0 atom stereocenters. The van der Waals surface area contributed by atoms with Crippen molar-refractivity contribution in [1.29, 1.82) is 0 Å². The molecular weight excluding hydrogens is 342 g/mol. The van der Waals surface area contributed by atoms with E-state index < -0.39 is 11.7 Å². The Morgan fingerprint density at radius 2 is 2.08 bits per heavy atom. The summed E-state index contributed by atoms with van der Waals surface area (Å²) in [6, 6.07) is 5.36. The zero-order valence-electron chi connectivity index (χ0n) is 13.2. The van der Waals surface area contributed by atoms with Gasteiger partial charge in [-0.05, 0) is 18.2 Å². The van der Waals surface area contributed by atoms with Gasteiger partial charge in [0.25, 0.3) is 5.91 Å². The van der Waals surface area contributed by atoms with Crippen molar-refractivity contribution in [3.8, 4) is 11.3 Å². The van der Waals surface area contributed by atoms with Gasteiger partial charge < -0.3 is 4.98 Å². The number of fused-ring (bicyclic) bond motifs is 1. The second-order valence-electron chi connectivity index (χ2n) is 5.58. The third-order valence-corrected chi connectivity index (χ3v) is 4.46. The SMILES string of the molecule is CN1C(=O)C(=O)CN=C1c1ccnc(-c2cnc3[nH]ccc3c2Cl)c1. The van der Waals surface area contributed by atoms with Crippen LogP contribution in [0.5, 0.6) is 0 Å². The molecule has 7 nitrogen and oxygen atoms in total. The number of nitrogens with zero attached hydrogens (tertiary/aromatic N) is 4. The first-order valence-electron chi connectivity index (χ1n) is 7.50. The van der Waals surface area contributed by atoms with Crippen LogP contribution in [-0.2, 0) is 9.59 Å². The molecule has 0 radical (unpaired) electrons. The molecule has 0 bridgehead atoms. The van der Waals surface area contributed by atoms with Crippen molar-refractivity contribution in [3.63, 3.8) is 0 Å². The predicted octanol–water partition coefficient (Wildman–Crippen LogP) is 2.07. The van der Waals surface area contributed by atoms with Crippen molar-refractivity contribution in [3.05, 3.63) is 47.4 Å². The van der Waals surface area contributed by atoms with Crippen molar-refractivity contribution >= 4 is 40.2 Å². The summed E-state index contributed by atoms with van der Waals surface area (Å²) >= 11 is 6.49. The summed E-state index contributed by atoms with van der Waals surface area (Å²) in [5.74, 6) is -0.664. The number of aromatic nitrogens is 3. The average Bonchev–Trinajstić information content (AvgIpc) is 3.10. The lowest BCUT2D eigenvalue weighted by molar-refractivity contribution is -0.141. The van der Waals surface area contributed by atoms with E-state index in [9.17, 15) is 9.59 Å². The largest absolute Gasteiger partial charge is 0.346 e. The first-order valence-corrected chi connectivity index (χ1v) is 7.88. The first-order chi connectivity index (χ1) is 12.1. The molecule has 1 aliphatic heterocycles. The van der Waals surface area contributed by atoms with Crippen molar-refractivity contribution in [2.24, 2.45) is 4.99 Å². The summed E-state index contributed by atoms with van der Waals surface area (Å²) in [6.45, 7) is -0.145. The molecule has 124 valence electrons. The van der Waals surface area contributed by atoms with Gasteiger partial charge >= 0.3 is 0 Å². The molecule has 4 rings (SSSR count). The van der Waals surface area contributed by atoms with Crippen LogP contribution in [0.2, 0.25) is 5.02 Å². The predicted molar refractivity (Wildman–Crippen MR) is 93.5 cm³/mol. The van der Waals surface area contributed by atoms with Gasteiger partial charge in [-0.25, -0.2) is 4.98 Å². The number of pyridine rings is 2. The van der Waals surface area contributed by atoms with Gasteiger partial charge in [0.15, 0.2) is 0 Å². The van der Waals surface area contributed by atoms with E-state index in [1.165, 1.54) is 11.9 Å². The second kappa shape index (κ2) is 5.78. The fourth-order valence-corrected chi connectivity index (χ4v) is 3.06. The molecule has 0 saturated heterocycles. The monoisotopic (exact) mass is 353 g/mol. The Labute approximate surface area is 147 Å². The average molecular weight is 354 g/mol. The van der Waals surface area contributed by atoms with Crippen LogP contribution in [0.25, 0.3) is 22.3 Å². The Kier molecular flexibility index (Phi) is 3.58. The number of hydrogen-bond donors (Lipinski definition) is 1. The van der Waals surface area contributed by atoms with Gasteiger partial charge in [0.1, 0.15) is 18.0 Å². The molecular formula is C17H12ClN5O2. The molecule has 1 aliphatic rings. The second-order valence-corrected chi connectivity index (χ2v) is 5.96. The van der Waals surface area contributed by atoms with Gasteiger partial charge in [0.05, 0.1) is 10.7 Å². The summed E-state index contributed by atoms with van der Waals surface area (Å²) in [5, 5.41) is 1.35. The van der Waals surface area contributed by atoms with Gasteiger partial charge in [0.2, 0.25) is 5.78 Å². The highest BCUT2D eigenvalue weighted by molar-refractivity contribution is 6.42. The molecule has 1 N–H and O–H groups in total. The van der Waals surface area contributed by atoms with Crippen LogP contribution < -0.4 is 0 Å². The van der Waals surface area contributed by atoms with Gasteiger partial charge in [-0.2, -0.15) is 0 Å². The van der Waals surface area contributed by atoms with Crippen LogP contribution in [0.15, 0.2) is 41.8 Å². The molecule has 8 heteroatoms.